The van der Waals surface area contributed by atoms with Crippen LogP contribution in [-0.4, -0.2) is 11.8 Å². The number of hydrogen-bond donors (Lipinski definition) is 2. The van der Waals surface area contributed by atoms with Gasteiger partial charge in [0.25, 0.3) is 0 Å². The van der Waals surface area contributed by atoms with E-state index in [4.69, 9.17) is 5.73 Å². The van der Waals surface area contributed by atoms with E-state index in [9.17, 15) is 9.59 Å². The Morgan fingerprint density at radius 2 is 2.36 bits per heavy atom. The molecule has 0 aromatic carbocycles. The first-order chi connectivity index (χ1) is 5.15. The second kappa shape index (κ2) is 2.71. The lowest BCUT2D eigenvalue weighted by Crippen LogP contribution is -2.23. The molecule has 0 saturated heterocycles. The van der Waals surface area contributed by atoms with Gasteiger partial charge in [0.2, 0.25) is 0 Å². The van der Waals surface area contributed by atoms with Crippen molar-refractivity contribution in [1.29, 1.82) is 0 Å². The summed E-state index contributed by atoms with van der Waals surface area (Å²) >= 11 is 0. The first kappa shape index (κ1) is 7.74. The molecule has 1 aliphatic carbocycles. The Kier molecular flexibility index (Phi) is 1.91. The van der Waals surface area contributed by atoms with Crippen molar-refractivity contribution in [3.05, 3.63) is 11.8 Å². The van der Waals surface area contributed by atoms with Gasteiger partial charge >= 0.3 is 5.97 Å². The summed E-state index contributed by atoms with van der Waals surface area (Å²) in [4.78, 5) is 25.4. The Labute approximate surface area is 62.9 Å². The van der Waals surface area contributed by atoms with Crippen LogP contribution >= 0.6 is 0 Å². The highest BCUT2D eigenvalue weighted by molar-refractivity contribution is 5.98. The molecule has 1 atom stereocenters. The monoisotopic (exact) mass is 156 g/mol. The molecular formula is C6H8N2O3. The molecule has 0 heterocycles. The van der Waals surface area contributed by atoms with Gasteiger partial charge in [-0.3, -0.25) is 4.79 Å². The molecule has 4 N–H and O–H groups in total. The third kappa shape index (κ3) is 1.38. The minimum Gasteiger partial charge on any atom is -0.401 e. The van der Waals surface area contributed by atoms with Crippen LogP contribution < -0.4 is 11.6 Å². The summed E-state index contributed by atoms with van der Waals surface area (Å²) in [7, 11) is 0. The van der Waals surface area contributed by atoms with Crippen molar-refractivity contribution in [3.63, 3.8) is 0 Å². The van der Waals surface area contributed by atoms with Gasteiger partial charge < -0.3 is 10.6 Å². The summed E-state index contributed by atoms with van der Waals surface area (Å²) in [6.45, 7) is 0. The van der Waals surface area contributed by atoms with Crippen molar-refractivity contribution in [1.82, 2.24) is 0 Å². The van der Waals surface area contributed by atoms with E-state index in [1.165, 1.54) is 6.08 Å². The number of nitrogens with two attached hydrogens (primary N) is 2. The van der Waals surface area contributed by atoms with Gasteiger partial charge in [0, 0.05) is 18.2 Å². The molecule has 0 radical (unpaired) electrons. The summed E-state index contributed by atoms with van der Waals surface area (Å²) in [5, 5.41) is 0. The van der Waals surface area contributed by atoms with Crippen LogP contribution in [0.5, 0.6) is 0 Å². The molecule has 5 nitrogen and oxygen atoms in total. The predicted octanol–water partition coefficient (Wildman–Crippen LogP) is -1.17. The molecule has 0 bridgehead atoms. The first-order valence-electron chi connectivity index (χ1n) is 3.05. The fourth-order valence-corrected chi connectivity index (χ4v) is 0.966. The van der Waals surface area contributed by atoms with Crippen molar-refractivity contribution in [2.75, 3.05) is 0 Å². The molecular weight excluding hydrogens is 148 g/mol. The molecule has 0 spiro atoms. The maximum absolute atomic E-state index is 10.7. The van der Waals surface area contributed by atoms with E-state index in [1.54, 1.807) is 0 Å². The average molecular weight is 156 g/mol. The Balaban J connectivity index is 2.71. The van der Waals surface area contributed by atoms with Gasteiger partial charge in [-0.2, -0.15) is 5.90 Å². The van der Waals surface area contributed by atoms with E-state index in [1.807, 2.05) is 0 Å². The lowest BCUT2D eigenvalue weighted by Gasteiger charge is -2.05. The molecule has 0 saturated carbocycles. The Morgan fingerprint density at radius 1 is 1.73 bits per heavy atom. The van der Waals surface area contributed by atoms with Crippen LogP contribution in [0, 0.1) is 5.92 Å². The van der Waals surface area contributed by atoms with Crippen LogP contribution in [0.3, 0.4) is 0 Å². The zero-order chi connectivity index (χ0) is 8.43. The molecule has 11 heavy (non-hydrogen) atoms. The van der Waals surface area contributed by atoms with E-state index in [-0.39, 0.29) is 17.9 Å². The highest BCUT2D eigenvalue weighted by atomic mass is 16.7. The van der Waals surface area contributed by atoms with E-state index >= 15 is 0 Å². The Bertz CT molecular complexity index is 234. The van der Waals surface area contributed by atoms with Crippen molar-refractivity contribution in [2.45, 2.75) is 6.42 Å². The molecule has 0 aromatic rings. The molecule has 5 heteroatoms. The molecule has 60 valence electrons. The molecule has 0 aromatic heterocycles. The topological polar surface area (TPSA) is 95.4 Å². The highest BCUT2D eigenvalue weighted by Crippen LogP contribution is 2.19. The van der Waals surface area contributed by atoms with E-state index in [2.05, 4.69) is 10.7 Å². The van der Waals surface area contributed by atoms with Crippen LogP contribution in [0.25, 0.3) is 0 Å². The third-order valence-electron chi connectivity index (χ3n) is 1.54. The van der Waals surface area contributed by atoms with Gasteiger partial charge in [0.05, 0.1) is 0 Å². The fraction of sp³-hybridized carbons (Fsp3) is 0.333. The first-order valence-corrected chi connectivity index (χ1v) is 3.05. The minimum absolute atomic E-state index is 0.0713. The molecule has 1 unspecified atom stereocenters. The summed E-state index contributed by atoms with van der Waals surface area (Å²) in [6, 6.07) is 0. The third-order valence-corrected chi connectivity index (χ3v) is 1.54. The van der Waals surface area contributed by atoms with Crippen molar-refractivity contribution in [3.8, 4) is 0 Å². The normalized spacial score (nSPS) is 23.2. The predicted molar refractivity (Wildman–Crippen MR) is 35.7 cm³/mol. The van der Waals surface area contributed by atoms with Gasteiger partial charge in [-0.1, -0.05) is 0 Å². The van der Waals surface area contributed by atoms with Gasteiger partial charge in [-0.05, 0) is 0 Å². The smallest absolute Gasteiger partial charge is 0.333 e. The van der Waals surface area contributed by atoms with Crippen molar-refractivity contribution >= 4 is 11.8 Å². The van der Waals surface area contributed by atoms with Crippen molar-refractivity contribution < 1.29 is 14.4 Å². The average Bonchev–Trinajstić information content (AvgIpc) is 2.28. The lowest BCUT2D eigenvalue weighted by molar-refractivity contribution is -0.148. The van der Waals surface area contributed by atoms with Crippen LogP contribution in [-0.2, 0) is 14.4 Å². The number of hydrogen-bond acceptors (Lipinski definition) is 5. The van der Waals surface area contributed by atoms with Crippen LogP contribution in [0.4, 0.5) is 0 Å². The summed E-state index contributed by atoms with van der Waals surface area (Å²) < 4.78 is 0. The summed E-state index contributed by atoms with van der Waals surface area (Å²) in [6.07, 6.45) is 1.30. The zero-order valence-electron chi connectivity index (χ0n) is 5.74. The van der Waals surface area contributed by atoms with Crippen LogP contribution in [0.2, 0.25) is 0 Å². The summed E-state index contributed by atoms with van der Waals surface area (Å²) in [5.41, 5.74) is 5.56. The largest absolute Gasteiger partial charge is 0.401 e. The standard InChI is InChI=1S/C6H8N2O3/c7-5-2-3(9)1-4(5)6(10)11-8/h2,4H,1,7-8H2. The minimum atomic E-state index is -0.674. The van der Waals surface area contributed by atoms with Crippen molar-refractivity contribution in [2.24, 2.45) is 17.5 Å². The number of carbonyl (C=O) groups excluding carboxylic acids is 2. The Morgan fingerprint density at radius 3 is 2.73 bits per heavy atom. The zero-order valence-corrected chi connectivity index (χ0v) is 5.74. The maximum Gasteiger partial charge on any atom is 0.333 e. The van der Waals surface area contributed by atoms with E-state index in [0.29, 0.717) is 0 Å². The summed E-state index contributed by atoms with van der Waals surface area (Å²) in [5.74, 6) is 3.11. The number of carbonyl (C=O) groups is 2. The van der Waals surface area contributed by atoms with Gasteiger partial charge in [0.15, 0.2) is 5.78 Å². The second-order valence-electron chi connectivity index (χ2n) is 2.30. The lowest BCUT2D eigenvalue weighted by atomic mass is 10.1. The van der Waals surface area contributed by atoms with Gasteiger partial charge in [0.1, 0.15) is 5.92 Å². The maximum atomic E-state index is 10.7. The molecule has 1 aliphatic rings. The molecule has 1 rings (SSSR count). The highest BCUT2D eigenvalue weighted by Gasteiger charge is 2.30. The van der Waals surface area contributed by atoms with Crippen LogP contribution in [0.15, 0.2) is 11.8 Å². The SMILES string of the molecule is NOC(=O)C1CC(=O)C=C1N. The number of rotatable bonds is 1. The van der Waals surface area contributed by atoms with Gasteiger partial charge in [-0.25, -0.2) is 4.79 Å². The molecule has 0 aliphatic heterocycles. The van der Waals surface area contributed by atoms with E-state index in [0.717, 1.165) is 0 Å². The number of allylic oxidation sites excluding steroid dienone is 1. The second-order valence-corrected chi connectivity index (χ2v) is 2.30. The molecule has 0 fully saturated rings. The number of ketones is 1. The molecule has 0 amide bonds. The van der Waals surface area contributed by atoms with E-state index < -0.39 is 11.9 Å². The van der Waals surface area contributed by atoms with Gasteiger partial charge in [-0.15, -0.1) is 0 Å². The van der Waals surface area contributed by atoms with Crippen LogP contribution in [0.1, 0.15) is 6.42 Å². The Hall–Kier alpha value is -1.36. The fourth-order valence-electron chi connectivity index (χ4n) is 0.966. The quantitative estimate of drug-likeness (QED) is 0.466.